The highest BCUT2D eigenvalue weighted by Gasteiger charge is 2.26. The molecule has 1 N–H and O–H groups in total. The minimum absolute atomic E-state index is 0.156. The Morgan fingerprint density at radius 2 is 1.96 bits per heavy atom. The summed E-state index contributed by atoms with van der Waals surface area (Å²) in [7, 11) is 5.70. The minimum atomic E-state index is -0.156. The van der Waals surface area contributed by atoms with E-state index in [1.165, 1.54) is 0 Å². The van der Waals surface area contributed by atoms with Crippen molar-refractivity contribution in [3.05, 3.63) is 29.1 Å². The van der Waals surface area contributed by atoms with E-state index in [-0.39, 0.29) is 6.79 Å². The van der Waals surface area contributed by atoms with Gasteiger partial charge in [0.15, 0.2) is 0 Å². The molecule has 2 rings (SSSR count). The predicted octanol–water partition coefficient (Wildman–Crippen LogP) is 3.26. The molecule has 0 radical (unpaired) electrons. The smallest absolute Gasteiger partial charge is 0.143 e. The van der Waals surface area contributed by atoms with Gasteiger partial charge in [-0.05, 0) is 19.9 Å². The number of pyridine rings is 1. The van der Waals surface area contributed by atoms with Crippen LogP contribution in [-0.2, 0) is 4.74 Å². The molecule has 1 aliphatic heterocycles. The van der Waals surface area contributed by atoms with Crippen LogP contribution in [0.5, 0.6) is 5.75 Å². The summed E-state index contributed by atoms with van der Waals surface area (Å²) in [6.45, 7) is 8.41. The number of likely N-dealkylation sites (N-methyl/N-ethyl adjacent to an activating group) is 1. The average Bonchev–Trinajstić information content (AvgIpc) is 2.85. The Balaban J connectivity index is 0.000000650. The molecule has 1 aromatic rings. The van der Waals surface area contributed by atoms with E-state index in [2.05, 4.69) is 32.7 Å². The number of rotatable bonds is 4. The molecule has 0 aliphatic carbocycles. The van der Waals surface area contributed by atoms with E-state index in [0.717, 1.165) is 17.0 Å². The minimum Gasteiger partial charge on any atom is -0.496 e. The second-order valence-electron chi connectivity index (χ2n) is 4.72. The molecule has 24 heavy (non-hydrogen) atoms. The highest BCUT2D eigenvalue weighted by atomic mass is 35.5. The number of hydrazine groups is 1. The first-order valence-electron chi connectivity index (χ1n) is 8.03. The molecule has 1 unspecified atom stereocenters. The molecule has 0 amide bonds. The molecule has 0 bridgehead atoms. The number of methoxy groups -OCH3 is 1. The van der Waals surface area contributed by atoms with Gasteiger partial charge in [0.2, 0.25) is 0 Å². The lowest BCUT2D eigenvalue weighted by molar-refractivity contribution is 0.00540. The lowest BCUT2D eigenvalue weighted by Crippen LogP contribution is -2.34. The Morgan fingerprint density at radius 1 is 1.33 bits per heavy atom. The van der Waals surface area contributed by atoms with Gasteiger partial charge in [0.25, 0.3) is 0 Å². The van der Waals surface area contributed by atoms with E-state index >= 15 is 0 Å². The molecule has 1 aromatic heterocycles. The quantitative estimate of drug-likeness (QED) is 0.657. The number of aromatic nitrogens is 1. The largest absolute Gasteiger partial charge is 0.496 e. The van der Waals surface area contributed by atoms with Crippen LogP contribution in [0.4, 0.5) is 0 Å². The zero-order chi connectivity index (χ0) is 18.7. The Hall–Kier alpha value is -1.34. The Kier molecular flexibility index (Phi) is 11.4. The monoisotopic (exact) mass is 359 g/mol. The second-order valence-corrected chi connectivity index (χ2v) is 5.11. The topological polar surface area (TPSA) is 58.1 Å². The summed E-state index contributed by atoms with van der Waals surface area (Å²) in [5.41, 5.74) is 2.04. The number of aliphatic hydroxyl groups excluding tert-OH is 1. The average molecular weight is 360 g/mol. The number of halogens is 1. The first kappa shape index (κ1) is 22.7. The normalized spacial score (nSPS) is 16.6. The number of ether oxygens (including phenoxy) is 2. The highest BCUT2D eigenvalue weighted by Crippen LogP contribution is 2.33. The number of aliphatic hydroxyl groups is 1. The zero-order valence-electron chi connectivity index (χ0n) is 15.7. The lowest BCUT2D eigenvalue weighted by Gasteiger charge is -2.27. The summed E-state index contributed by atoms with van der Waals surface area (Å²) >= 11 is 5.86. The standard InChI is InChI=1S/C12H16ClN3O.C3H8O2.C2H6/c1-8-5-10(16(3)15(8)2)9-7-14-12(13)6-11(9)17-4;1-2-5-3-4;1-2/h5-8H,1-4H3;4H,2-3H2,1H3;1-2H3. The van der Waals surface area contributed by atoms with Crippen molar-refractivity contribution >= 4 is 17.3 Å². The summed E-state index contributed by atoms with van der Waals surface area (Å²) in [5.74, 6) is 0.741. The maximum absolute atomic E-state index is 7.84. The summed E-state index contributed by atoms with van der Waals surface area (Å²) < 4.78 is 9.74. The van der Waals surface area contributed by atoms with Crippen molar-refractivity contribution in [2.45, 2.75) is 33.7 Å². The van der Waals surface area contributed by atoms with Crippen LogP contribution in [0.1, 0.15) is 33.3 Å². The molecular formula is C17H30ClN3O3. The van der Waals surface area contributed by atoms with Gasteiger partial charge in [-0.25, -0.2) is 9.99 Å². The van der Waals surface area contributed by atoms with Crippen LogP contribution in [0.25, 0.3) is 5.70 Å². The molecule has 0 saturated carbocycles. The molecule has 0 aromatic carbocycles. The van der Waals surface area contributed by atoms with Gasteiger partial charge in [0, 0.05) is 39.0 Å². The van der Waals surface area contributed by atoms with Gasteiger partial charge in [-0.2, -0.15) is 0 Å². The van der Waals surface area contributed by atoms with Crippen molar-refractivity contribution in [3.8, 4) is 5.75 Å². The number of hydrogen-bond acceptors (Lipinski definition) is 6. The maximum atomic E-state index is 7.84. The highest BCUT2D eigenvalue weighted by molar-refractivity contribution is 6.29. The molecular weight excluding hydrogens is 330 g/mol. The molecule has 0 saturated heterocycles. The van der Waals surface area contributed by atoms with E-state index < -0.39 is 0 Å². The van der Waals surface area contributed by atoms with Crippen molar-refractivity contribution in [2.75, 3.05) is 34.6 Å². The SMILES string of the molecule is CC.CCOCO.COc1cc(Cl)ncc1C1=CC(C)N(C)N1C. The van der Waals surface area contributed by atoms with Gasteiger partial charge >= 0.3 is 0 Å². The zero-order valence-corrected chi connectivity index (χ0v) is 16.5. The first-order valence-corrected chi connectivity index (χ1v) is 8.40. The molecule has 7 heteroatoms. The van der Waals surface area contributed by atoms with Gasteiger partial charge in [0.05, 0.1) is 18.4 Å². The van der Waals surface area contributed by atoms with Gasteiger partial charge in [-0.1, -0.05) is 25.4 Å². The fraction of sp³-hybridized carbons (Fsp3) is 0.588. The van der Waals surface area contributed by atoms with E-state index in [1.807, 2.05) is 34.9 Å². The van der Waals surface area contributed by atoms with E-state index in [0.29, 0.717) is 17.8 Å². The van der Waals surface area contributed by atoms with Crippen LogP contribution in [0.15, 0.2) is 18.3 Å². The predicted molar refractivity (Wildman–Crippen MR) is 98.8 cm³/mol. The first-order chi connectivity index (χ1) is 11.5. The molecule has 1 atom stereocenters. The van der Waals surface area contributed by atoms with Crippen molar-refractivity contribution in [1.29, 1.82) is 0 Å². The summed E-state index contributed by atoms with van der Waals surface area (Å²) in [5, 5.41) is 12.5. The molecule has 0 spiro atoms. The van der Waals surface area contributed by atoms with E-state index in [4.69, 9.17) is 21.4 Å². The number of nitrogens with zero attached hydrogens (tertiary/aromatic N) is 3. The fourth-order valence-electron chi connectivity index (χ4n) is 2.02. The van der Waals surface area contributed by atoms with Crippen LogP contribution in [0.3, 0.4) is 0 Å². The molecule has 6 nitrogen and oxygen atoms in total. The van der Waals surface area contributed by atoms with Crippen LogP contribution < -0.4 is 4.74 Å². The van der Waals surface area contributed by atoms with Crippen LogP contribution >= 0.6 is 11.6 Å². The third-order valence-corrected chi connectivity index (χ3v) is 3.64. The van der Waals surface area contributed by atoms with Crippen molar-refractivity contribution in [1.82, 2.24) is 15.0 Å². The van der Waals surface area contributed by atoms with E-state index in [9.17, 15) is 0 Å². The summed E-state index contributed by atoms with van der Waals surface area (Å²) in [6.07, 6.45) is 3.92. The van der Waals surface area contributed by atoms with E-state index in [1.54, 1.807) is 19.4 Å². The second kappa shape index (κ2) is 12.1. The van der Waals surface area contributed by atoms with Gasteiger partial charge in [-0.15, -0.1) is 0 Å². The van der Waals surface area contributed by atoms with Crippen molar-refractivity contribution in [3.63, 3.8) is 0 Å². The molecule has 0 fully saturated rings. The maximum Gasteiger partial charge on any atom is 0.143 e. The van der Waals surface area contributed by atoms with Crippen LogP contribution in [0, 0.1) is 0 Å². The Bertz CT molecular complexity index is 510. The van der Waals surface area contributed by atoms with Crippen LogP contribution in [-0.4, -0.2) is 60.8 Å². The summed E-state index contributed by atoms with van der Waals surface area (Å²) in [6, 6.07) is 2.09. The van der Waals surface area contributed by atoms with Crippen molar-refractivity contribution < 1.29 is 14.6 Å². The number of hydrogen-bond donors (Lipinski definition) is 1. The molecule has 2 heterocycles. The van der Waals surface area contributed by atoms with Gasteiger partial charge in [-0.3, -0.25) is 0 Å². The van der Waals surface area contributed by atoms with Crippen LogP contribution in [0.2, 0.25) is 5.15 Å². The Labute approximate surface area is 150 Å². The third-order valence-electron chi connectivity index (χ3n) is 3.43. The lowest BCUT2D eigenvalue weighted by atomic mass is 10.1. The van der Waals surface area contributed by atoms with Gasteiger partial charge < -0.3 is 19.6 Å². The van der Waals surface area contributed by atoms with Gasteiger partial charge in [0.1, 0.15) is 17.7 Å². The molecule has 138 valence electrons. The summed E-state index contributed by atoms with van der Waals surface area (Å²) in [4.78, 5) is 4.12. The fourth-order valence-corrected chi connectivity index (χ4v) is 2.16. The molecule has 1 aliphatic rings. The van der Waals surface area contributed by atoms with Crippen molar-refractivity contribution in [2.24, 2.45) is 0 Å². The third kappa shape index (κ3) is 6.28. The Morgan fingerprint density at radius 3 is 2.33 bits per heavy atom.